The molecule has 4 aromatic rings. The maximum absolute atomic E-state index is 11.5. The van der Waals surface area contributed by atoms with E-state index >= 15 is 0 Å². The van der Waals surface area contributed by atoms with Crippen molar-refractivity contribution in [2.75, 3.05) is 0 Å². The fourth-order valence-electron chi connectivity index (χ4n) is 2.45. The van der Waals surface area contributed by atoms with Crippen LogP contribution in [-0.4, -0.2) is 20.0 Å². The van der Waals surface area contributed by atoms with Gasteiger partial charge in [0.25, 0.3) is 0 Å². The Kier molecular flexibility index (Phi) is 1.76. The Bertz CT molecular complexity index is 971. The zero-order valence-electron chi connectivity index (χ0n) is 9.68. The second kappa shape index (κ2) is 3.32. The average Bonchev–Trinajstić information content (AvgIpc) is 2.88. The number of benzene rings is 2. The van der Waals surface area contributed by atoms with E-state index in [9.17, 15) is 9.59 Å². The third-order valence-electron chi connectivity index (χ3n) is 3.27. The number of tetrazole rings is 1. The molecule has 19 heavy (non-hydrogen) atoms. The van der Waals surface area contributed by atoms with Gasteiger partial charge in [-0.05, 0) is 35.7 Å². The number of pyridine rings is 1. The number of rotatable bonds is 0. The molecule has 0 unspecified atom stereocenters. The lowest BCUT2D eigenvalue weighted by molar-refractivity contribution is 0.842. The highest BCUT2D eigenvalue weighted by molar-refractivity contribution is 6.11. The molecule has 2 aromatic carbocycles. The largest absolute Gasteiger partial charge is 0.290 e. The fourth-order valence-corrected chi connectivity index (χ4v) is 2.45. The molecule has 2 heterocycles. The molecule has 0 fully saturated rings. The van der Waals surface area contributed by atoms with Gasteiger partial charge in [-0.2, -0.15) is 0 Å². The maximum Gasteiger partial charge on any atom is 0.183 e. The van der Waals surface area contributed by atoms with E-state index in [2.05, 4.69) is 15.5 Å². The smallest absolute Gasteiger partial charge is 0.183 e. The van der Waals surface area contributed by atoms with Gasteiger partial charge in [0.2, 0.25) is 0 Å². The van der Waals surface area contributed by atoms with Crippen molar-refractivity contribution in [2.45, 2.75) is 0 Å². The third-order valence-corrected chi connectivity index (χ3v) is 3.27. The normalized spacial score (nSPS) is 11.6. The van der Waals surface area contributed by atoms with E-state index in [1.165, 1.54) is 12.1 Å². The van der Waals surface area contributed by atoms with Gasteiger partial charge in [0, 0.05) is 16.8 Å². The van der Waals surface area contributed by atoms with E-state index in [0.29, 0.717) is 5.65 Å². The van der Waals surface area contributed by atoms with Crippen LogP contribution in [0.4, 0.5) is 0 Å². The van der Waals surface area contributed by atoms with Gasteiger partial charge in [-0.3, -0.25) is 9.59 Å². The summed E-state index contributed by atoms with van der Waals surface area (Å²) in [6, 6.07) is 9.64. The summed E-state index contributed by atoms with van der Waals surface area (Å²) >= 11 is 0. The third kappa shape index (κ3) is 1.28. The zero-order valence-corrected chi connectivity index (χ0v) is 9.68. The molecule has 2 N–H and O–H groups in total. The number of aromatic nitrogens is 4. The van der Waals surface area contributed by atoms with Gasteiger partial charge in [-0.1, -0.05) is 0 Å². The molecule has 0 atom stereocenters. The first kappa shape index (κ1) is 10.1. The second-order valence-corrected chi connectivity index (χ2v) is 4.38. The Labute approximate surface area is 105 Å². The summed E-state index contributed by atoms with van der Waals surface area (Å²) in [7, 11) is 0. The van der Waals surface area contributed by atoms with Crippen molar-refractivity contribution in [1.29, 1.82) is 0 Å². The standard InChI is InChI=1S/C13H8N4O2/c18-7-1-3-9-10-4-2-8(19)6-12(10)17-13(11(9)5-7)14-15-16-17/h1-6,15-16H. The first-order valence-electron chi connectivity index (χ1n) is 5.75. The number of hydrogen-bond acceptors (Lipinski definition) is 3. The quantitative estimate of drug-likeness (QED) is 0.458. The molecular weight excluding hydrogens is 244 g/mol. The van der Waals surface area contributed by atoms with Crippen molar-refractivity contribution in [1.82, 2.24) is 20.0 Å². The van der Waals surface area contributed by atoms with E-state index in [0.717, 1.165) is 21.7 Å². The maximum atomic E-state index is 11.5. The molecule has 4 rings (SSSR count). The SMILES string of the molecule is O=c1ccc2c3ccc(=O)cc3n3[nH][nH]nc3c2c1. The van der Waals surface area contributed by atoms with E-state index in [1.54, 1.807) is 28.8 Å². The monoisotopic (exact) mass is 252 g/mol. The molecular formula is C13H8N4O2. The predicted octanol–water partition coefficient (Wildman–Crippen LogP) is 1.02. The highest BCUT2D eigenvalue weighted by Gasteiger charge is 2.10. The van der Waals surface area contributed by atoms with Crippen LogP contribution in [0.5, 0.6) is 0 Å². The molecule has 0 spiro atoms. The van der Waals surface area contributed by atoms with Gasteiger partial charge in [0.15, 0.2) is 16.5 Å². The average molecular weight is 252 g/mol. The van der Waals surface area contributed by atoms with Crippen molar-refractivity contribution in [2.24, 2.45) is 0 Å². The van der Waals surface area contributed by atoms with Crippen LogP contribution in [0.1, 0.15) is 0 Å². The minimum atomic E-state index is -0.0734. The molecule has 0 amide bonds. The van der Waals surface area contributed by atoms with Gasteiger partial charge < -0.3 is 0 Å². The minimum Gasteiger partial charge on any atom is -0.290 e. The van der Waals surface area contributed by atoms with Gasteiger partial charge in [0.1, 0.15) is 0 Å². The lowest BCUT2D eigenvalue weighted by Gasteiger charge is -2.05. The Morgan fingerprint density at radius 2 is 1.63 bits per heavy atom. The number of nitrogens with one attached hydrogen (secondary N) is 2. The van der Waals surface area contributed by atoms with E-state index in [-0.39, 0.29) is 10.9 Å². The molecule has 92 valence electrons. The lowest BCUT2D eigenvalue weighted by atomic mass is 10.1. The molecule has 0 saturated carbocycles. The van der Waals surface area contributed by atoms with E-state index in [4.69, 9.17) is 0 Å². The fraction of sp³-hybridized carbons (Fsp3) is 0. The van der Waals surface area contributed by atoms with Gasteiger partial charge in [0.05, 0.1) is 5.52 Å². The molecule has 0 aliphatic rings. The highest BCUT2D eigenvalue weighted by Crippen LogP contribution is 2.25. The van der Waals surface area contributed by atoms with Crippen LogP contribution in [0, 0.1) is 0 Å². The van der Waals surface area contributed by atoms with Crippen LogP contribution in [0.2, 0.25) is 0 Å². The van der Waals surface area contributed by atoms with Crippen molar-refractivity contribution in [3.8, 4) is 0 Å². The number of fused-ring (bicyclic) bond motifs is 6. The summed E-state index contributed by atoms with van der Waals surface area (Å²) in [5.41, 5.74) is 1.17. The molecule has 0 radical (unpaired) electrons. The van der Waals surface area contributed by atoms with Gasteiger partial charge in [-0.25, -0.2) is 14.9 Å². The van der Waals surface area contributed by atoms with Crippen LogP contribution in [0.3, 0.4) is 0 Å². The van der Waals surface area contributed by atoms with Crippen LogP contribution in [0.25, 0.3) is 27.3 Å². The van der Waals surface area contributed by atoms with Gasteiger partial charge >= 0.3 is 0 Å². The Morgan fingerprint density at radius 1 is 0.895 bits per heavy atom. The molecule has 0 saturated heterocycles. The number of nitrogens with zero attached hydrogens (tertiary/aromatic N) is 2. The number of aromatic amines is 2. The van der Waals surface area contributed by atoms with Crippen LogP contribution < -0.4 is 10.9 Å². The molecule has 0 bridgehead atoms. The summed E-state index contributed by atoms with van der Waals surface area (Å²) in [6.45, 7) is 0. The Hall–Kier alpha value is -2.89. The molecule has 6 heteroatoms. The van der Waals surface area contributed by atoms with E-state index < -0.39 is 0 Å². The molecule has 2 aromatic heterocycles. The van der Waals surface area contributed by atoms with Gasteiger partial charge in [-0.15, -0.1) is 5.10 Å². The topological polar surface area (TPSA) is 83.0 Å². The van der Waals surface area contributed by atoms with Crippen molar-refractivity contribution in [3.63, 3.8) is 0 Å². The van der Waals surface area contributed by atoms with Crippen molar-refractivity contribution in [3.05, 3.63) is 56.8 Å². The van der Waals surface area contributed by atoms with Crippen LogP contribution in [0.15, 0.2) is 46.0 Å². The Morgan fingerprint density at radius 3 is 2.47 bits per heavy atom. The zero-order chi connectivity index (χ0) is 13.0. The first-order valence-corrected chi connectivity index (χ1v) is 5.75. The minimum absolute atomic E-state index is 0.0720. The van der Waals surface area contributed by atoms with Crippen LogP contribution in [-0.2, 0) is 0 Å². The number of hydrogen-bond donors (Lipinski definition) is 2. The second-order valence-electron chi connectivity index (χ2n) is 4.38. The molecule has 0 aliphatic heterocycles. The van der Waals surface area contributed by atoms with Crippen LogP contribution >= 0.6 is 0 Å². The lowest BCUT2D eigenvalue weighted by Crippen LogP contribution is -2.02. The summed E-state index contributed by atoms with van der Waals surface area (Å²) in [4.78, 5) is 23.1. The van der Waals surface area contributed by atoms with E-state index in [1.807, 2.05) is 0 Å². The summed E-state index contributed by atoms with van der Waals surface area (Å²) in [5, 5.41) is 12.1. The number of H-pyrrole nitrogens is 2. The summed E-state index contributed by atoms with van der Waals surface area (Å²) in [5.74, 6) is 0. The molecule has 6 nitrogen and oxygen atoms in total. The summed E-state index contributed by atoms with van der Waals surface area (Å²) < 4.78 is 1.67. The first-order chi connectivity index (χ1) is 9.24. The molecule has 0 aliphatic carbocycles. The Balaban J connectivity index is 2.47. The highest BCUT2D eigenvalue weighted by atomic mass is 16.1. The van der Waals surface area contributed by atoms with Crippen molar-refractivity contribution >= 4 is 27.3 Å². The summed E-state index contributed by atoms with van der Waals surface area (Å²) in [6.07, 6.45) is 0. The van der Waals surface area contributed by atoms with Crippen molar-refractivity contribution < 1.29 is 0 Å². The predicted molar refractivity (Wildman–Crippen MR) is 71.4 cm³/mol.